The van der Waals surface area contributed by atoms with Crippen molar-refractivity contribution in [1.29, 1.82) is 0 Å². The molecule has 8 heteroatoms. The molecule has 0 unspecified atom stereocenters. The van der Waals surface area contributed by atoms with E-state index in [9.17, 15) is 8.42 Å². The van der Waals surface area contributed by atoms with E-state index in [1.165, 1.54) is 12.3 Å². The molecule has 0 spiro atoms. The molecule has 0 aliphatic carbocycles. The van der Waals surface area contributed by atoms with Gasteiger partial charge in [-0.15, -0.1) is 0 Å². The van der Waals surface area contributed by atoms with Gasteiger partial charge >= 0.3 is 0 Å². The van der Waals surface area contributed by atoms with E-state index in [-0.39, 0.29) is 10.7 Å². The predicted octanol–water partition coefficient (Wildman–Crippen LogP) is 1.76. The van der Waals surface area contributed by atoms with Gasteiger partial charge in [-0.3, -0.25) is 4.72 Å². The third-order valence-electron chi connectivity index (χ3n) is 3.58. The lowest BCUT2D eigenvalue weighted by molar-refractivity contribution is 0.122. The molecule has 0 aromatic carbocycles. The van der Waals surface area contributed by atoms with Gasteiger partial charge in [-0.25, -0.2) is 18.4 Å². The van der Waals surface area contributed by atoms with Gasteiger partial charge in [-0.1, -0.05) is 12.6 Å². The molecule has 1 N–H and O–H groups in total. The molecule has 0 bridgehead atoms. The zero-order valence-corrected chi connectivity index (χ0v) is 13.9. The monoisotopic (exact) mass is 346 g/mol. The van der Waals surface area contributed by atoms with Gasteiger partial charge in [0.15, 0.2) is 0 Å². The number of aromatic nitrogens is 2. The number of nitrogens with one attached hydrogen (secondary N) is 1. The van der Waals surface area contributed by atoms with E-state index >= 15 is 0 Å². The highest BCUT2D eigenvalue weighted by molar-refractivity contribution is 7.92. The number of nitrogens with zero attached hydrogens (tertiary/aromatic N) is 3. The summed E-state index contributed by atoms with van der Waals surface area (Å²) in [7, 11) is -3.74. The average molecular weight is 346 g/mol. The molecule has 1 fully saturated rings. The van der Waals surface area contributed by atoms with E-state index < -0.39 is 10.0 Å². The second-order valence-corrected chi connectivity index (χ2v) is 6.89. The van der Waals surface area contributed by atoms with E-state index in [1.54, 1.807) is 30.3 Å². The van der Waals surface area contributed by atoms with Gasteiger partial charge in [0.25, 0.3) is 10.0 Å². The van der Waals surface area contributed by atoms with Gasteiger partial charge in [0.2, 0.25) is 0 Å². The third kappa shape index (κ3) is 3.72. The number of hydrogen-bond acceptors (Lipinski definition) is 6. The van der Waals surface area contributed by atoms with E-state index in [0.717, 1.165) is 18.9 Å². The molecule has 1 aliphatic rings. The van der Waals surface area contributed by atoms with Crippen LogP contribution in [0.1, 0.15) is 5.69 Å². The highest BCUT2D eigenvalue weighted by Crippen LogP contribution is 2.18. The Kier molecular flexibility index (Phi) is 4.77. The Hall–Kier alpha value is -2.45. The first-order chi connectivity index (χ1) is 11.6. The van der Waals surface area contributed by atoms with Gasteiger partial charge in [-0.05, 0) is 30.3 Å². The highest BCUT2D eigenvalue weighted by atomic mass is 32.2. The minimum Gasteiger partial charge on any atom is -0.378 e. The van der Waals surface area contributed by atoms with Crippen LogP contribution in [0.5, 0.6) is 0 Å². The number of sulfonamides is 1. The Morgan fingerprint density at radius 3 is 2.67 bits per heavy atom. The van der Waals surface area contributed by atoms with Crippen molar-refractivity contribution in [1.82, 2.24) is 9.97 Å². The van der Waals surface area contributed by atoms with Gasteiger partial charge in [-0.2, -0.15) is 0 Å². The van der Waals surface area contributed by atoms with Crippen molar-refractivity contribution in [3.63, 3.8) is 0 Å². The molecule has 0 amide bonds. The summed E-state index contributed by atoms with van der Waals surface area (Å²) in [5.41, 5.74) is 0.594. The van der Waals surface area contributed by atoms with Crippen LogP contribution in [0, 0.1) is 0 Å². The summed E-state index contributed by atoms with van der Waals surface area (Å²) in [5, 5.41) is 0. The van der Waals surface area contributed by atoms with E-state index in [2.05, 4.69) is 26.2 Å². The van der Waals surface area contributed by atoms with Crippen LogP contribution in [0.2, 0.25) is 0 Å². The molecule has 3 heterocycles. The molecule has 0 radical (unpaired) electrons. The van der Waals surface area contributed by atoms with Crippen LogP contribution in [0.4, 0.5) is 11.6 Å². The summed E-state index contributed by atoms with van der Waals surface area (Å²) >= 11 is 0. The van der Waals surface area contributed by atoms with Gasteiger partial charge in [0.05, 0.1) is 18.9 Å². The third-order valence-corrected chi connectivity index (χ3v) is 4.92. The van der Waals surface area contributed by atoms with Crippen LogP contribution >= 0.6 is 0 Å². The number of ether oxygens (including phenoxy) is 1. The summed E-state index contributed by atoms with van der Waals surface area (Å²) in [4.78, 5) is 10.5. The van der Waals surface area contributed by atoms with Crippen molar-refractivity contribution in [2.75, 3.05) is 35.9 Å². The summed E-state index contributed by atoms with van der Waals surface area (Å²) < 4.78 is 32.6. The van der Waals surface area contributed by atoms with Crippen LogP contribution in [0.3, 0.4) is 0 Å². The first-order valence-electron chi connectivity index (χ1n) is 7.49. The van der Waals surface area contributed by atoms with Crippen LogP contribution in [0.25, 0.3) is 6.08 Å². The maximum atomic E-state index is 12.4. The van der Waals surface area contributed by atoms with Gasteiger partial charge in [0.1, 0.15) is 16.5 Å². The van der Waals surface area contributed by atoms with Crippen LogP contribution < -0.4 is 9.62 Å². The van der Waals surface area contributed by atoms with Crippen LogP contribution in [-0.2, 0) is 14.8 Å². The lowest BCUT2D eigenvalue weighted by Crippen LogP contribution is -2.36. The molecular formula is C16H18N4O3S. The quantitative estimate of drug-likeness (QED) is 0.888. The Labute approximate surface area is 141 Å². The van der Waals surface area contributed by atoms with Crippen molar-refractivity contribution >= 4 is 27.7 Å². The molecule has 2 aromatic heterocycles. The summed E-state index contributed by atoms with van der Waals surface area (Å²) in [6.45, 7) is 6.40. The first kappa shape index (κ1) is 16.4. The SMILES string of the molecule is C=Cc1cccc(NS(=O)(=O)c2ccc(N3CCOCC3)nc2)n1. The van der Waals surface area contributed by atoms with Gasteiger partial charge < -0.3 is 9.64 Å². The van der Waals surface area contributed by atoms with E-state index in [0.29, 0.717) is 18.9 Å². The van der Waals surface area contributed by atoms with Crippen molar-refractivity contribution < 1.29 is 13.2 Å². The minimum atomic E-state index is -3.74. The van der Waals surface area contributed by atoms with E-state index in [1.807, 2.05) is 0 Å². The number of anilines is 2. The Bertz CT molecular complexity index is 815. The molecule has 3 rings (SSSR count). The maximum Gasteiger partial charge on any atom is 0.264 e. The van der Waals surface area contributed by atoms with Crippen LogP contribution in [-0.4, -0.2) is 44.7 Å². The standard InChI is InChI=1S/C16H18N4O3S/c1-2-13-4-3-5-15(18-13)19-24(21,22)14-6-7-16(17-12-14)20-8-10-23-11-9-20/h2-7,12H,1,8-11H2,(H,18,19). The maximum absolute atomic E-state index is 12.4. The summed E-state index contributed by atoms with van der Waals surface area (Å²) in [6, 6.07) is 8.27. The Morgan fingerprint density at radius 1 is 1.21 bits per heavy atom. The number of rotatable bonds is 5. The fourth-order valence-electron chi connectivity index (χ4n) is 2.33. The fraction of sp³-hybridized carbons (Fsp3) is 0.250. The van der Waals surface area contributed by atoms with Crippen molar-refractivity contribution in [2.45, 2.75) is 4.90 Å². The molecule has 126 valence electrons. The van der Waals surface area contributed by atoms with Crippen molar-refractivity contribution in [2.24, 2.45) is 0 Å². The molecule has 1 saturated heterocycles. The minimum absolute atomic E-state index is 0.0883. The molecular weight excluding hydrogens is 328 g/mol. The zero-order chi connectivity index (χ0) is 17.0. The Morgan fingerprint density at radius 2 is 2.00 bits per heavy atom. The highest BCUT2D eigenvalue weighted by Gasteiger charge is 2.17. The van der Waals surface area contributed by atoms with Crippen LogP contribution in [0.15, 0.2) is 48.0 Å². The summed E-state index contributed by atoms with van der Waals surface area (Å²) in [5.74, 6) is 0.980. The summed E-state index contributed by atoms with van der Waals surface area (Å²) in [6.07, 6.45) is 2.90. The first-order valence-corrected chi connectivity index (χ1v) is 8.98. The topological polar surface area (TPSA) is 84.4 Å². The van der Waals surface area contributed by atoms with Gasteiger partial charge in [0, 0.05) is 19.3 Å². The molecule has 0 saturated carbocycles. The fourth-order valence-corrected chi connectivity index (χ4v) is 3.28. The lowest BCUT2D eigenvalue weighted by atomic mass is 10.3. The predicted molar refractivity (Wildman–Crippen MR) is 92.4 cm³/mol. The zero-order valence-electron chi connectivity index (χ0n) is 13.1. The molecule has 24 heavy (non-hydrogen) atoms. The second kappa shape index (κ2) is 6.98. The smallest absolute Gasteiger partial charge is 0.264 e. The number of pyridine rings is 2. The largest absolute Gasteiger partial charge is 0.378 e. The average Bonchev–Trinajstić information content (AvgIpc) is 2.62. The molecule has 0 atom stereocenters. The molecule has 2 aromatic rings. The Balaban J connectivity index is 1.77. The number of hydrogen-bond donors (Lipinski definition) is 1. The van der Waals surface area contributed by atoms with E-state index in [4.69, 9.17) is 4.74 Å². The number of morpholine rings is 1. The second-order valence-electron chi connectivity index (χ2n) is 5.21. The normalized spacial score (nSPS) is 15.1. The molecule has 1 aliphatic heterocycles. The molecule has 7 nitrogen and oxygen atoms in total. The van der Waals surface area contributed by atoms with Crippen molar-refractivity contribution in [3.05, 3.63) is 48.8 Å². The lowest BCUT2D eigenvalue weighted by Gasteiger charge is -2.27. The van der Waals surface area contributed by atoms with Crippen molar-refractivity contribution in [3.8, 4) is 0 Å².